The smallest absolute Gasteiger partial charge is 0.254 e. The van der Waals surface area contributed by atoms with Crippen LogP contribution in [0.5, 0.6) is 0 Å². The van der Waals surface area contributed by atoms with Crippen molar-refractivity contribution < 1.29 is 0 Å². The SMILES string of the molecule is CCN(CC)n1ccn2cnnc12. The standard InChI is InChI=1S/C8H13N5/c1-3-12(4-2)13-6-5-11-7-9-10-8(11)13/h5-7H,3-4H2,1-2H3. The topological polar surface area (TPSA) is 38.4 Å². The lowest BCUT2D eigenvalue weighted by atomic mass is 10.6. The van der Waals surface area contributed by atoms with Crippen molar-refractivity contribution >= 4 is 5.78 Å². The maximum Gasteiger partial charge on any atom is 0.254 e. The van der Waals surface area contributed by atoms with Gasteiger partial charge in [-0.1, -0.05) is 0 Å². The molecular formula is C8H13N5. The molecule has 13 heavy (non-hydrogen) atoms. The Morgan fingerprint density at radius 1 is 1.31 bits per heavy atom. The number of nitrogens with zero attached hydrogens (tertiary/aromatic N) is 5. The molecule has 70 valence electrons. The van der Waals surface area contributed by atoms with Gasteiger partial charge in [-0.3, -0.25) is 4.40 Å². The van der Waals surface area contributed by atoms with E-state index < -0.39 is 0 Å². The molecule has 5 heteroatoms. The summed E-state index contributed by atoms with van der Waals surface area (Å²) in [4.78, 5) is 0. The first-order chi connectivity index (χ1) is 6.36. The first-order valence-corrected chi connectivity index (χ1v) is 4.48. The highest BCUT2D eigenvalue weighted by molar-refractivity contribution is 5.29. The van der Waals surface area contributed by atoms with E-state index in [2.05, 4.69) is 29.1 Å². The summed E-state index contributed by atoms with van der Waals surface area (Å²) in [5, 5.41) is 10.1. The molecule has 2 rings (SSSR count). The van der Waals surface area contributed by atoms with Crippen LogP contribution in [-0.4, -0.2) is 32.4 Å². The molecule has 0 aliphatic rings. The summed E-state index contributed by atoms with van der Waals surface area (Å²) in [6.45, 7) is 6.17. The van der Waals surface area contributed by atoms with Crippen LogP contribution in [0.4, 0.5) is 0 Å². The third-order valence-corrected chi connectivity index (χ3v) is 2.16. The fourth-order valence-electron chi connectivity index (χ4n) is 1.46. The van der Waals surface area contributed by atoms with Gasteiger partial charge in [-0.25, -0.2) is 4.68 Å². The minimum Gasteiger partial charge on any atom is -0.311 e. The van der Waals surface area contributed by atoms with E-state index in [9.17, 15) is 0 Å². The number of fused-ring (bicyclic) bond motifs is 1. The minimum absolute atomic E-state index is 0.865. The number of imidazole rings is 1. The van der Waals surface area contributed by atoms with Gasteiger partial charge in [0.1, 0.15) is 6.33 Å². The summed E-state index contributed by atoms with van der Waals surface area (Å²) < 4.78 is 3.92. The maximum atomic E-state index is 4.03. The lowest BCUT2D eigenvalue weighted by Crippen LogP contribution is -2.33. The average Bonchev–Trinajstić information content (AvgIpc) is 2.70. The van der Waals surface area contributed by atoms with Crippen molar-refractivity contribution in [2.75, 3.05) is 18.1 Å². The zero-order valence-electron chi connectivity index (χ0n) is 7.88. The van der Waals surface area contributed by atoms with Gasteiger partial charge >= 0.3 is 0 Å². The number of rotatable bonds is 3. The van der Waals surface area contributed by atoms with Crippen molar-refractivity contribution in [3.05, 3.63) is 18.7 Å². The predicted octanol–water partition coefficient (Wildman–Crippen LogP) is 0.509. The van der Waals surface area contributed by atoms with Gasteiger partial charge in [0, 0.05) is 25.5 Å². The molecular weight excluding hydrogens is 166 g/mol. The van der Waals surface area contributed by atoms with Crippen molar-refractivity contribution in [1.29, 1.82) is 0 Å². The Balaban J connectivity index is 2.47. The molecule has 0 spiro atoms. The second kappa shape index (κ2) is 3.08. The first-order valence-electron chi connectivity index (χ1n) is 4.48. The zero-order chi connectivity index (χ0) is 9.26. The molecule has 0 saturated carbocycles. The molecule has 5 nitrogen and oxygen atoms in total. The van der Waals surface area contributed by atoms with Gasteiger partial charge in [0.05, 0.1) is 0 Å². The highest BCUT2D eigenvalue weighted by Gasteiger charge is 2.06. The number of aromatic nitrogens is 4. The fraction of sp³-hybridized carbons (Fsp3) is 0.500. The quantitative estimate of drug-likeness (QED) is 0.689. The zero-order valence-corrected chi connectivity index (χ0v) is 7.88. The van der Waals surface area contributed by atoms with Crippen LogP contribution in [0.2, 0.25) is 0 Å². The van der Waals surface area contributed by atoms with Crippen molar-refractivity contribution in [2.24, 2.45) is 0 Å². The molecule has 0 fully saturated rings. The molecule has 0 amide bonds. The van der Waals surface area contributed by atoms with E-state index in [1.807, 2.05) is 21.5 Å². The molecule has 0 bridgehead atoms. The van der Waals surface area contributed by atoms with E-state index in [-0.39, 0.29) is 0 Å². The van der Waals surface area contributed by atoms with E-state index in [0.29, 0.717) is 0 Å². The molecule has 0 aliphatic heterocycles. The molecule has 0 saturated heterocycles. The molecule has 0 aromatic carbocycles. The summed E-state index contributed by atoms with van der Waals surface area (Å²) in [5.74, 6) is 0.865. The van der Waals surface area contributed by atoms with E-state index in [4.69, 9.17) is 0 Å². The molecule has 0 atom stereocenters. The molecule has 0 unspecified atom stereocenters. The lowest BCUT2D eigenvalue weighted by molar-refractivity contribution is 0.631. The molecule has 0 N–H and O–H groups in total. The third-order valence-electron chi connectivity index (χ3n) is 2.16. The van der Waals surface area contributed by atoms with Gasteiger partial charge in [-0.15, -0.1) is 10.2 Å². The fourth-order valence-corrected chi connectivity index (χ4v) is 1.46. The summed E-state index contributed by atoms with van der Waals surface area (Å²) in [5.41, 5.74) is 0. The van der Waals surface area contributed by atoms with E-state index in [1.165, 1.54) is 0 Å². The van der Waals surface area contributed by atoms with Crippen molar-refractivity contribution in [2.45, 2.75) is 13.8 Å². The van der Waals surface area contributed by atoms with Crippen LogP contribution in [-0.2, 0) is 0 Å². The molecule has 0 radical (unpaired) electrons. The van der Waals surface area contributed by atoms with Crippen molar-refractivity contribution in [3.63, 3.8) is 0 Å². The highest BCUT2D eigenvalue weighted by Crippen LogP contribution is 2.01. The Hall–Kier alpha value is -1.52. The average molecular weight is 179 g/mol. The van der Waals surface area contributed by atoms with Crippen LogP contribution in [0, 0.1) is 0 Å². The van der Waals surface area contributed by atoms with Crippen LogP contribution >= 0.6 is 0 Å². The normalized spacial score (nSPS) is 10.9. The van der Waals surface area contributed by atoms with E-state index >= 15 is 0 Å². The van der Waals surface area contributed by atoms with Gasteiger partial charge in [0.2, 0.25) is 0 Å². The number of hydrogen-bond acceptors (Lipinski definition) is 3. The predicted molar refractivity (Wildman–Crippen MR) is 50.3 cm³/mol. The largest absolute Gasteiger partial charge is 0.311 e. The van der Waals surface area contributed by atoms with E-state index in [0.717, 1.165) is 18.9 Å². The minimum atomic E-state index is 0.865. The monoisotopic (exact) mass is 179 g/mol. The van der Waals surface area contributed by atoms with Crippen molar-refractivity contribution in [1.82, 2.24) is 19.3 Å². The molecule has 2 aromatic heterocycles. The third kappa shape index (κ3) is 1.16. The van der Waals surface area contributed by atoms with E-state index in [1.54, 1.807) is 6.33 Å². The summed E-state index contributed by atoms with van der Waals surface area (Å²) in [7, 11) is 0. The second-order valence-corrected chi connectivity index (χ2v) is 2.82. The Morgan fingerprint density at radius 2 is 2.08 bits per heavy atom. The lowest BCUT2D eigenvalue weighted by Gasteiger charge is -2.21. The highest BCUT2D eigenvalue weighted by atomic mass is 15.6. The molecule has 2 heterocycles. The Kier molecular flexibility index (Phi) is 1.92. The summed E-state index contributed by atoms with van der Waals surface area (Å²) in [6, 6.07) is 0. The van der Waals surface area contributed by atoms with Crippen LogP contribution in [0.25, 0.3) is 5.78 Å². The van der Waals surface area contributed by atoms with Crippen molar-refractivity contribution in [3.8, 4) is 0 Å². The Labute approximate surface area is 76.6 Å². The number of hydrogen-bond donors (Lipinski definition) is 0. The van der Waals surface area contributed by atoms with Gasteiger partial charge in [-0.05, 0) is 13.8 Å². The maximum absolute atomic E-state index is 4.03. The van der Waals surface area contributed by atoms with Crippen LogP contribution in [0.3, 0.4) is 0 Å². The summed E-state index contributed by atoms with van der Waals surface area (Å²) in [6.07, 6.45) is 5.65. The van der Waals surface area contributed by atoms with Gasteiger partial charge < -0.3 is 5.01 Å². The Morgan fingerprint density at radius 3 is 2.77 bits per heavy atom. The first kappa shape index (κ1) is 8.10. The second-order valence-electron chi connectivity index (χ2n) is 2.82. The van der Waals surface area contributed by atoms with Crippen LogP contribution in [0.15, 0.2) is 18.7 Å². The molecule has 0 aliphatic carbocycles. The summed E-state index contributed by atoms with van der Waals surface area (Å²) >= 11 is 0. The van der Waals surface area contributed by atoms with Gasteiger partial charge in [-0.2, -0.15) is 0 Å². The van der Waals surface area contributed by atoms with Gasteiger partial charge in [0.15, 0.2) is 0 Å². The Bertz CT molecular complexity index is 384. The van der Waals surface area contributed by atoms with Crippen LogP contribution < -0.4 is 5.01 Å². The van der Waals surface area contributed by atoms with Gasteiger partial charge in [0.25, 0.3) is 5.78 Å². The van der Waals surface area contributed by atoms with Crippen LogP contribution in [0.1, 0.15) is 13.8 Å². The molecule has 2 aromatic rings.